The highest BCUT2D eigenvalue weighted by atomic mass is 14.9. The Morgan fingerprint density at radius 3 is 2.65 bits per heavy atom. The molecule has 0 spiro atoms. The fraction of sp³-hybridized carbons (Fsp3) is 0.625. The van der Waals surface area contributed by atoms with Gasteiger partial charge in [0.1, 0.15) is 0 Å². The van der Waals surface area contributed by atoms with Gasteiger partial charge in [-0.25, -0.2) is 0 Å². The molecule has 17 heavy (non-hydrogen) atoms. The zero-order chi connectivity index (χ0) is 12.3. The number of benzene rings is 1. The first-order chi connectivity index (χ1) is 8.16. The topological polar surface area (TPSA) is 12.0 Å². The normalized spacial score (nSPS) is 18.5. The number of hydrogen-bond acceptors (Lipinski definition) is 1. The van der Waals surface area contributed by atoms with Gasteiger partial charge in [-0.3, -0.25) is 0 Å². The van der Waals surface area contributed by atoms with E-state index in [1.165, 1.54) is 48.9 Å². The van der Waals surface area contributed by atoms with Crippen LogP contribution >= 0.6 is 0 Å². The first-order valence-electron chi connectivity index (χ1n) is 6.97. The summed E-state index contributed by atoms with van der Waals surface area (Å²) in [4.78, 5) is 0. The van der Waals surface area contributed by atoms with Crippen molar-refractivity contribution in [1.29, 1.82) is 0 Å². The van der Waals surface area contributed by atoms with E-state index >= 15 is 0 Å². The average molecular weight is 231 g/mol. The molecular weight excluding hydrogens is 206 g/mol. The lowest BCUT2D eigenvalue weighted by molar-refractivity contribution is 0.452. The van der Waals surface area contributed by atoms with Crippen LogP contribution in [0.1, 0.15) is 55.3 Å². The Hall–Kier alpha value is -0.820. The Kier molecular flexibility index (Phi) is 4.22. The largest absolute Gasteiger partial charge is 0.310 e. The van der Waals surface area contributed by atoms with Crippen molar-refractivity contribution in [1.82, 2.24) is 5.32 Å². The predicted octanol–water partition coefficient (Wildman–Crippen LogP) is 4.14. The number of hydrogen-bond donors (Lipinski definition) is 1. The lowest BCUT2D eigenvalue weighted by Gasteiger charge is -2.19. The molecule has 0 radical (unpaired) electrons. The second-order valence-corrected chi connectivity index (χ2v) is 5.64. The van der Waals surface area contributed by atoms with Gasteiger partial charge >= 0.3 is 0 Å². The van der Waals surface area contributed by atoms with E-state index in [2.05, 4.69) is 44.3 Å². The van der Waals surface area contributed by atoms with Crippen LogP contribution in [0.3, 0.4) is 0 Å². The van der Waals surface area contributed by atoms with Crippen LogP contribution in [0.2, 0.25) is 0 Å². The molecule has 0 aliphatic heterocycles. The summed E-state index contributed by atoms with van der Waals surface area (Å²) >= 11 is 0. The predicted molar refractivity (Wildman–Crippen MR) is 74.3 cm³/mol. The summed E-state index contributed by atoms with van der Waals surface area (Å²) in [5, 5.41) is 3.71. The molecule has 2 rings (SSSR count). The molecule has 1 aromatic carbocycles. The zero-order valence-electron chi connectivity index (χ0n) is 11.4. The molecule has 94 valence electrons. The number of nitrogens with one attached hydrogen (secondary N) is 1. The van der Waals surface area contributed by atoms with Gasteiger partial charge in [-0.2, -0.15) is 0 Å². The molecule has 1 aliphatic carbocycles. The first kappa shape index (κ1) is 12.6. The Balaban J connectivity index is 1.93. The minimum Gasteiger partial charge on any atom is -0.310 e. The van der Waals surface area contributed by atoms with Crippen LogP contribution < -0.4 is 5.32 Å². The molecule has 1 nitrogen and oxygen atoms in total. The van der Waals surface area contributed by atoms with Crippen LogP contribution in [-0.2, 0) is 0 Å². The van der Waals surface area contributed by atoms with E-state index in [0.29, 0.717) is 6.04 Å². The Bertz CT molecular complexity index is 364. The van der Waals surface area contributed by atoms with Gasteiger partial charge in [0, 0.05) is 6.04 Å². The van der Waals surface area contributed by atoms with Gasteiger partial charge in [-0.15, -0.1) is 0 Å². The van der Waals surface area contributed by atoms with Gasteiger partial charge in [-0.05, 0) is 57.2 Å². The molecule has 1 fully saturated rings. The number of aryl methyl sites for hydroxylation is 2. The summed E-state index contributed by atoms with van der Waals surface area (Å²) in [7, 11) is 0. The molecule has 0 saturated heterocycles. The maximum absolute atomic E-state index is 3.71. The molecule has 0 heterocycles. The van der Waals surface area contributed by atoms with E-state index in [0.717, 1.165) is 5.92 Å². The van der Waals surface area contributed by atoms with E-state index in [-0.39, 0.29) is 0 Å². The van der Waals surface area contributed by atoms with Crippen molar-refractivity contribution in [2.75, 3.05) is 6.54 Å². The fourth-order valence-corrected chi connectivity index (χ4v) is 2.89. The fourth-order valence-electron chi connectivity index (χ4n) is 2.89. The highest BCUT2D eigenvalue weighted by Crippen LogP contribution is 2.25. The van der Waals surface area contributed by atoms with Crippen molar-refractivity contribution >= 4 is 0 Å². The maximum Gasteiger partial charge on any atom is 0.0294 e. The lowest BCUT2D eigenvalue weighted by atomic mass is 9.99. The monoisotopic (exact) mass is 231 g/mol. The molecule has 1 atom stereocenters. The maximum atomic E-state index is 3.71. The van der Waals surface area contributed by atoms with Crippen LogP contribution in [0.5, 0.6) is 0 Å². The third-order valence-corrected chi connectivity index (χ3v) is 4.09. The second kappa shape index (κ2) is 5.68. The summed E-state index contributed by atoms with van der Waals surface area (Å²) in [6.07, 6.45) is 5.72. The van der Waals surface area contributed by atoms with Gasteiger partial charge in [0.15, 0.2) is 0 Å². The number of rotatable bonds is 4. The van der Waals surface area contributed by atoms with Crippen LogP contribution in [0.25, 0.3) is 0 Å². The lowest BCUT2D eigenvalue weighted by Crippen LogP contribution is -2.25. The van der Waals surface area contributed by atoms with Gasteiger partial charge in [0.25, 0.3) is 0 Å². The van der Waals surface area contributed by atoms with E-state index in [1.54, 1.807) is 0 Å². The van der Waals surface area contributed by atoms with E-state index < -0.39 is 0 Å². The molecule has 0 amide bonds. The summed E-state index contributed by atoms with van der Waals surface area (Å²) in [5.74, 6) is 0.919. The standard InChI is InChI=1S/C16H25N/c1-12-8-9-13(2)16(10-12)14(3)17-11-15-6-4-5-7-15/h8-10,14-15,17H,4-7,11H2,1-3H3. The third-order valence-electron chi connectivity index (χ3n) is 4.09. The minimum absolute atomic E-state index is 0.482. The van der Waals surface area contributed by atoms with E-state index in [4.69, 9.17) is 0 Å². The van der Waals surface area contributed by atoms with Gasteiger partial charge in [0.2, 0.25) is 0 Å². The van der Waals surface area contributed by atoms with Crippen molar-refractivity contribution in [2.45, 2.75) is 52.5 Å². The van der Waals surface area contributed by atoms with Crippen molar-refractivity contribution in [3.63, 3.8) is 0 Å². The molecule has 1 aliphatic rings. The molecule has 1 saturated carbocycles. The second-order valence-electron chi connectivity index (χ2n) is 5.64. The van der Waals surface area contributed by atoms with E-state index in [9.17, 15) is 0 Å². The van der Waals surface area contributed by atoms with Crippen molar-refractivity contribution in [2.24, 2.45) is 5.92 Å². The molecule has 1 N–H and O–H groups in total. The summed E-state index contributed by atoms with van der Waals surface area (Å²) in [6, 6.07) is 7.23. The Morgan fingerprint density at radius 2 is 1.94 bits per heavy atom. The van der Waals surface area contributed by atoms with Crippen LogP contribution in [0.15, 0.2) is 18.2 Å². The quantitative estimate of drug-likeness (QED) is 0.821. The van der Waals surface area contributed by atoms with Crippen molar-refractivity contribution in [3.8, 4) is 0 Å². The Labute approximate surface area is 106 Å². The highest BCUT2D eigenvalue weighted by Gasteiger charge is 2.16. The third kappa shape index (κ3) is 3.32. The molecule has 0 aromatic heterocycles. The average Bonchev–Trinajstić information content (AvgIpc) is 2.82. The summed E-state index contributed by atoms with van der Waals surface area (Å²) < 4.78 is 0. The first-order valence-corrected chi connectivity index (χ1v) is 6.97. The van der Waals surface area contributed by atoms with Gasteiger partial charge < -0.3 is 5.32 Å². The summed E-state index contributed by atoms with van der Waals surface area (Å²) in [6.45, 7) is 7.86. The molecule has 1 heteroatoms. The molecule has 1 unspecified atom stereocenters. The van der Waals surface area contributed by atoms with Gasteiger partial charge in [0.05, 0.1) is 0 Å². The van der Waals surface area contributed by atoms with Crippen LogP contribution in [0, 0.1) is 19.8 Å². The summed E-state index contributed by atoms with van der Waals surface area (Å²) in [5.41, 5.74) is 4.23. The van der Waals surface area contributed by atoms with Gasteiger partial charge in [-0.1, -0.05) is 36.6 Å². The van der Waals surface area contributed by atoms with Crippen LogP contribution in [-0.4, -0.2) is 6.54 Å². The zero-order valence-corrected chi connectivity index (χ0v) is 11.4. The van der Waals surface area contributed by atoms with Crippen LogP contribution in [0.4, 0.5) is 0 Å². The van der Waals surface area contributed by atoms with Crippen molar-refractivity contribution < 1.29 is 0 Å². The smallest absolute Gasteiger partial charge is 0.0294 e. The Morgan fingerprint density at radius 1 is 1.24 bits per heavy atom. The molecule has 1 aromatic rings. The molecular formula is C16H25N. The SMILES string of the molecule is Cc1ccc(C)c(C(C)NCC2CCCC2)c1. The van der Waals surface area contributed by atoms with E-state index in [1.807, 2.05) is 0 Å². The van der Waals surface area contributed by atoms with Crippen molar-refractivity contribution in [3.05, 3.63) is 34.9 Å². The minimum atomic E-state index is 0.482. The molecule has 0 bridgehead atoms. The highest BCUT2D eigenvalue weighted by molar-refractivity contribution is 5.32.